The maximum Gasteiger partial charge on any atom is 0.133 e. The maximum absolute atomic E-state index is 5.53. The summed E-state index contributed by atoms with van der Waals surface area (Å²) in [5.74, 6) is 1.93. The molecule has 0 fully saturated rings. The van der Waals surface area contributed by atoms with Crippen LogP contribution in [0.25, 0.3) is 0 Å². The summed E-state index contributed by atoms with van der Waals surface area (Å²) in [5, 5.41) is 0. The zero-order chi connectivity index (χ0) is 9.97. The molecule has 0 unspecified atom stereocenters. The molecule has 74 valence electrons. The third-order valence-corrected chi connectivity index (χ3v) is 3.31. The molecule has 0 atom stereocenters. The summed E-state index contributed by atoms with van der Waals surface area (Å²) in [6, 6.07) is 3.93. The first-order valence-electron chi connectivity index (χ1n) is 4.51. The second kappa shape index (κ2) is 4.21. The Morgan fingerprint density at radius 2 is 2.43 bits per heavy atom. The number of rotatable bonds is 3. The minimum Gasteiger partial charge on any atom is -0.493 e. The molecular weight excluding hydrogens is 291 g/mol. The molecule has 0 spiro atoms. The van der Waals surface area contributed by atoms with E-state index in [1.54, 1.807) is 6.08 Å². The van der Waals surface area contributed by atoms with Crippen molar-refractivity contribution < 1.29 is 9.47 Å². The van der Waals surface area contributed by atoms with Crippen LogP contribution in [0.3, 0.4) is 0 Å². The average molecular weight is 302 g/mol. The van der Waals surface area contributed by atoms with Gasteiger partial charge in [0.25, 0.3) is 0 Å². The quantitative estimate of drug-likeness (QED) is 0.631. The third kappa shape index (κ3) is 1.73. The van der Waals surface area contributed by atoms with E-state index in [-0.39, 0.29) is 0 Å². The summed E-state index contributed by atoms with van der Waals surface area (Å²) < 4.78 is 12.2. The molecule has 14 heavy (non-hydrogen) atoms. The first kappa shape index (κ1) is 9.83. The van der Waals surface area contributed by atoms with Crippen LogP contribution in [-0.2, 0) is 6.42 Å². The van der Waals surface area contributed by atoms with Crippen molar-refractivity contribution in [1.29, 1.82) is 0 Å². The number of hydrogen-bond acceptors (Lipinski definition) is 2. The van der Waals surface area contributed by atoms with Crippen LogP contribution < -0.4 is 9.47 Å². The molecule has 0 aromatic heterocycles. The fourth-order valence-electron chi connectivity index (χ4n) is 1.47. The van der Waals surface area contributed by atoms with Gasteiger partial charge in [-0.05, 0) is 34.7 Å². The van der Waals surface area contributed by atoms with Gasteiger partial charge in [-0.2, -0.15) is 0 Å². The van der Waals surface area contributed by atoms with E-state index >= 15 is 0 Å². The maximum atomic E-state index is 5.53. The van der Waals surface area contributed by atoms with Gasteiger partial charge >= 0.3 is 0 Å². The van der Waals surface area contributed by atoms with Gasteiger partial charge in [0, 0.05) is 12.0 Å². The number of hydrogen-bond donors (Lipinski definition) is 0. The molecule has 3 heteroatoms. The number of ether oxygens (including phenoxy) is 2. The predicted octanol–water partition coefficient (Wildman–Crippen LogP) is 2.79. The monoisotopic (exact) mass is 302 g/mol. The zero-order valence-electron chi connectivity index (χ0n) is 7.75. The fraction of sp³-hybridized carbons (Fsp3) is 0.273. The van der Waals surface area contributed by atoms with Gasteiger partial charge in [0.15, 0.2) is 0 Å². The van der Waals surface area contributed by atoms with Gasteiger partial charge in [0.05, 0.1) is 10.2 Å². The summed E-state index contributed by atoms with van der Waals surface area (Å²) in [6.45, 7) is 4.96. The minimum atomic E-state index is 0.551. The Bertz CT molecular complexity index is 361. The van der Waals surface area contributed by atoms with Crippen LogP contribution in [0.1, 0.15) is 5.56 Å². The molecule has 1 aliphatic heterocycles. The summed E-state index contributed by atoms with van der Waals surface area (Å²) in [7, 11) is 0. The van der Waals surface area contributed by atoms with Crippen molar-refractivity contribution in [1.82, 2.24) is 0 Å². The molecule has 1 heterocycles. The Morgan fingerprint density at radius 1 is 1.57 bits per heavy atom. The second-order valence-corrected chi connectivity index (χ2v) is 4.13. The fourth-order valence-corrected chi connectivity index (χ4v) is 2.34. The van der Waals surface area contributed by atoms with Crippen LogP contribution in [0.2, 0.25) is 0 Å². The summed E-state index contributed by atoms with van der Waals surface area (Å²) in [6.07, 6.45) is 2.73. The first-order chi connectivity index (χ1) is 6.83. The van der Waals surface area contributed by atoms with Crippen LogP contribution in [-0.4, -0.2) is 13.2 Å². The van der Waals surface area contributed by atoms with Gasteiger partial charge in [0.2, 0.25) is 0 Å². The smallest absolute Gasteiger partial charge is 0.133 e. The van der Waals surface area contributed by atoms with Crippen molar-refractivity contribution in [2.45, 2.75) is 6.42 Å². The van der Waals surface area contributed by atoms with Crippen molar-refractivity contribution in [3.63, 3.8) is 0 Å². The lowest BCUT2D eigenvalue weighted by Gasteiger charge is -2.08. The molecule has 1 aliphatic rings. The summed E-state index contributed by atoms with van der Waals surface area (Å²) in [5.41, 5.74) is 1.27. The lowest BCUT2D eigenvalue weighted by Crippen LogP contribution is -1.96. The van der Waals surface area contributed by atoms with Crippen LogP contribution in [0.5, 0.6) is 11.5 Å². The number of halogens is 1. The van der Waals surface area contributed by atoms with E-state index in [1.807, 2.05) is 12.1 Å². The van der Waals surface area contributed by atoms with Crippen molar-refractivity contribution in [3.05, 3.63) is 33.9 Å². The van der Waals surface area contributed by atoms with E-state index in [0.29, 0.717) is 6.61 Å². The Morgan fingerprint density at radius 3 is 3.21 bits per heavy atom. The van der Waals surface area contributed by atoms with Gasteiger partial charge in [-0.15, -0.1) is 0 Å². The Balaban J connectivity index is 2.30. The zero-order valence-corrected chi connectivity index (χ0v) is 9.91. The highest BCUT2D eigenvalue weighted by Gasteiger charge is 2.17. The first-order valence-corrected chi connectivity index (χ1v) is 5.58. The Hall–Kier alpha value is -0.710. The Labute approximate surface area is 97.0 Å². The van der Waals surface area contributed by atoms with Crippen LogP contribution in [0.15, 0.2) is 24.8 Å². The van der Waals surface area contributed by atoms with Gasteiger partial charge in [-0.3, -0.25) is 0 Å². The van der Waals surface area contributed by atoms with Crippen LogP contribution in [0, 0.1) is 3.57 Å². The molecule has 0 saturated carbocycles. The molecular formula is C11H11IO2. The van der Waals surface area contributed by atoms with Crippen molar-refractivity contribution in [3.8, 4) is 11.5 Å². The SMILES string of the molecule is C=CCOc1ccc2c(c1I)CCO2. The van der Waals surface area contributed by atoms with Gasteiger partial charge in [-0.25, -0.2) is 0 Å². The Kier molecular flexibility index (Phi) is 2.96. The summed E-state index contributed by atoms with van der Waals surface area (Å²) >= 11 is 2.31. The van der Waals surface area contributed by atoms with Crippen LogP contribution in [0.4, 0.5) is 0 Å². The standard InChI is InChI=1S/C11H11IO2/c1-2-6-13-10-4-3-9-8(11(10)12)5-7-14-9/h2-4H,1,5-7H2. The molecule has 0 amide bonds. The topological polar surface area (TPSA) is 18.5 Å². The summed E-state index contributed by atoms with van der Waals surface area (Å²) in [4.78, 5) is 0. The largest absolute Gasteiger partial charge is 0.493 e. The van der Waals surface area contributed by atoms with E-state index in [0.717, 1.165) is 24.5 Å². The molecule has 0 aliphatic carbocycles. The normalized spacial score (nSPS) is 13.2. The highest BCUT2D eigenvalue weighted by molar-refractivity contribution is 14.1. The molecule has 0 bridgehead atoms. The molecule has 0 saturated heterocycles. The van der Waals surface area contributed by atoms with Crippen LogP contribution >= 0.6 is 22.6 Å². The second-order valence-electron chi connectivity index (χ2n) is 3.05. The van der Waals surface area contributed by atoms with E-state index in [9.17, 15) is 0 Å². The molecule has 0 N–H and O–H groups in total. The van der Waals surface area contributed by atoms with Gasteiger partial charge < -0.3 is 9.47 Å². The van der Waals surface area contributed by atoms with Crippen molar-refractivity contribution in [2.24, 2.45) is 0 Å². The van der Waals surface area contributed by atoms with E-state index in [2.05, 4.69) is 29.2 Å². The molecule has 2 rings (SSSR count). The minimum absolute atomic E-state index is 0.551. The average Bonchev–Trinajstić information content (AvgIpc) is 2.66. The van der Waals surface area contributed by atoms with Gasteiger partial charge in [-0.1, -0.05) is 12.7 Å². The molecule has 1 aromatic carbocycles. The number of fused-ring (bicyclic) bond motifs is 1. The number of benzene rings is 1. The van der Waals surface area contributed by atoms with E-state index in [1.165, 1.54) is 9.13 Å². The molecule has 0 radical (unpaired) electrons. The van der Waals surface area contributed by atoms with Crippen molar-refractivity contribution >= 4 is 22.6 Å². The third-order valence-electron chi connectivity index (χ3n) is 2.13. The van der Waals surface area contributed by atoms with E-state index < -0.39 is 0 Å². The van der Waals surface area contributed by atoms with Gasteiger partial charge in [0.1, 0.15) is 18.1 Å². The van der Waals surface area contributed by atoms with E-state index in [4.69, 9.17) is 9.47 Å². The highest BCUT2D eigenvalue weighted by Crippen LogP contribution is 2.35. The predicted molar refractivity (Wildman–Crippen MR) is 64.1 cm³/mol. The lowest BCUT2D eigenvalue weighted by atomic mass is 10.1. The molecule has 1 aromatic rings. The highest BCUT2D eigenvalue weighted by atomic mass is 127. The lowest BCUT2D eigenvalue weighted by molar-refractivity contribution is 0.353. The molecule has 2 nitrogen and oxygen atoms in total. The van der Waals surface area contributed by atoms with Crippen molar-refractivity contribution in [2.75, 3.05) is 13.2 Å².